The molecule has 0 radical (unpaired) electrons. The maximum Gasteiger partial charge on any atom is 0.254 e. The second-order valence-electron chi connectivity index (χ2n) is 7.01. The number of pyridine rings is 1. The van der Waals surface area contributed by atoms with E-state index < -0.39 is 0 Å². The maximum atomic E-state index is 12.9. The number of aryl methyl sites for hydroxylation is 1. The number of likely N-dealkylation sites (N-methyl/N-ethyl adjacent to an activating group) is 1. The molecule has 1 aliphatic heterocycles. The number of amides is 1. The molecule has 0 bridgehead atoms. The molecule has 0 saturated heterocycles. The highest BCUT2D eigenvalue weighted by Gasteiger charge is 2.24. The number of rotatable bonds is 5. The predicted octanol–water partition coefficient (Wildman–Crippen LogP) is 3.68. The summed E-state index contributed by atoms with van der Waals surface area (Å²) in [6, 6.07) is 13.9. The Bertz CT molecular complexity index is 785. The van der Waals surface area contributed by atoms with Gasteiger partial charge in [0.05, 0.1) is 11.7 Å². The minimum Gasteiger partial charge on any atom is -0.335 e. The molecule has 4 heteroatoms. The van der Waals surface area contributed by atoms with Crippen LogP contribution in [0.2, 0.25) is 0 Å². The van der Waals surface area contributed by atoms with Crippen LogP contribution in [0.15, 0.2) is 60.3 Å². The van der Waals surface area contributed by atoms with Gasteiger partial charge in [0.1, 0.15) is 0 Å². The van der Waals surface area contributed by atoms with Crippen LogP contribution in [0.5, 0.6) is 0 Å². The molecule has 4 nitrogen and oxygen atoms in total. The van der Waals surface area contributed by atoms with Crippen LogP contribution in [0, 0.1) is 6.92 Å². The number of aromatic nitrogens is 1. The van der Waals surface area contributed by atoms with E-state index in [1.165, 1.54) is 5.57 Å². The van der Waals surface area contributed by atoms with Gasteiger partial charge in [0.2, 0.25) is 0 Å². The van der Waals surface area contributed by atoms with Crippen molar-refractivity contribution in [2.45, 2.75) is 32.9 Å². The highest BCUT2D eigenvalue weighted by atomic mass is 16.2. The average Bonchev–Trinajstić information content (AvgIpc) is 2.68. The van der Waals surface area contributed by atoms with E-state index in [9.17, 15) is 4.79 Å². The van der Waals surface area contributed by atoms with Gasteiger partial charge in [0.15, 0.2) is 0 Å². The van der Waals surface area contributed by atoms with Gasteiger partial charge in [-0.25, -0.2) is 0 Å². The minimum absolute atomic E-state index is 0.0774. The summed E-state index contributed by atoms with van der Waals surface area (Å²) < 4.78 is 0. The van der Waals surface area contributed by atoms with Crippen molar-refractivity contribution < 1.29 is 4.79 Å². The van der Waals surface area contributed by atoms with Crippen molar-refractivity contribution in [2.75, 3.05) is 20.1 Å². The molecular formula is C22H27N3O. The molecule has 0 spiro atoms. The Morgan fingerprint density at radius 1 is 1.23 bits per heavy atom. The van der Waals surface area contributed by atoms with Crippen LogP contribution in [0.4, 0.5) is 0 Å². The van der Waals surface area contributed by atoms with E-state index in [0.717, 1.165) is 42.9 Å². The number of nitrogens with zero attached hydrogens (tertiary/aromatic N) is 3. The zero-order chi connectivity index (χ0) is 18.5. The first-order chi connectivity index (χ1) is 12.6. The fourth-order valence-corrected chi connectivity index (χ4v) is 3.42. The van der Waals surface area contributed by atoms with Gasteiger partial charge in [-0.2, -0.15) is 0 Å². The van der Waals surface area contributed by atoms with Crippen LogP contribution in [0.1, 0.15) is 35.0 Å². The third-order valence-corrected chi connectivity index (χ3v) is 5.18. The van der Waals surface area contributed by atoms with Gasteiger partial charge in [-0.15, -0.1) is 0 Å². The summed E-state index contributed by atoms with van der Waals surface area (Å²) >= 11 is 0. The van der Waals surface area contributed by atoms with Crippen LogP contribution in [-0.2, 0) is 6.54 Å². The highest BCUT2D eigenvalue weighted by molar-refractivity contribution is 5.95. The number of carbonyl (C=O) groups excluding carboxylic acids is 1. The Hall–Kier alpha value is -2.46. The quantitative estimate of drug-likeness (QED) is 0.773. The first kappa shape index (κ1) is 18.3. The SMILES string of the molecule is Cc1ccccc1C(=O)N(C)C(C)C1=CCCN(Cc2ccccn2)C1. The molecule has 136 valence electrons. The molecule has 1 aromatic carbocycles. The van der Waals surface area contributed by atoms with E-state index in [1.54, 1.807) is 0 Å². The van der Waals surface area contributed by atoms with E-state index in [-0.39, 0.29) is 11.9 Å². The fraction of sp³-hybridized carbons (Fsp3) is 0.364. The predicted molar refractivity (Wildman–Crippen MR) is 105 cm³/mol. The topological polar surface area (TPSA) is 36.4 Å². The summed E-state index contributed by atoms with van der Waals surface area (Å²) in [6.45, 7) is 6.86. The lowest BCUT2D eigenvalue weighted by molar-refractivity contribution is 0.0756. The van der Waals surface area contributed by atoms with Crippen LogP contribution >= 0.6 is 0 Å². The molecule has 1 aromatic heterocycles. The minimum atomic E-state index is 0.0774. The smallest absolute Gasteiger partial charge is 0.254 e. The van der Waals surface area contributed by atoms with Crippen LogP contribution in [-0.4, -0.2) is 46.9 Å². The van der Waals surface area contributed by atoms with Crippen LogP contribution < -0.4 is 0 Å². The summed E-state index contributed by atoms with van der Waals surface area (Å²) in [5.74, 6) is 0.0818. The summed E-state index contributed by atoms with van der Waals surface area (Å²) in [4.78, 5) is 21.6. The van der Waals surface area contributed by atoms with Crippen molar-refractivity contribution in [2.24, 2.45) is 0 Å². The molecule has 0 N–H and O–H groups in total. The molecule has 0 aliphatic carbocycles. The Kier molecular flexibility index (Phi) is 5.84. The summed E-state index contributed by atoms with van der Waals surface area (Å²) in [6.07, 6.45) is 5.15. The van der Waals surface area contributed by atoms with E-state index in [4.69, 9.17) is 0 Å². The average molecular weight is 349 g/mol. The highest BCUT2D eigenvalue weighted by Crippen LogP contribution is 2.20. The Balaban J connectivity index is 1.67. The number of carbonyl (C=O) groups is 1. The van der Waals surface area contributed by atoms with Gasteiger partial charge in [0.25, 0.3) is 5.91 Å². The third-order valence-electron chi connectivity index (χ3n) is 5.18. The van der Waals surface area contributed by atoms with Gasteiger partial charge in [-0.3, -0.25) is 14.7 Å². The Morgan fingerprint density at radius 3 is 2.73 bits per heavy atom. The van der Waals surface area contributed by atoms with E-state index in [2.05, 4.69) is 29.0 Å². The lowest BCUT2D eigenvalue weighted by Gasteiger charge is -2.34. The van der Waals surface area contributed by atoms with Gasteiger partial charge in [0, 0.05) is 38.4 Å². The normalized spacial score (nSPS) is 16.0. The van der Waals surface area contributed by atoms with Gasteiger partial charge in [-0.1, -0.05) is 30.3 Å². The van der Waals surface area contributed by atoms with Crippen LogP contribution in [0.3, 0.4) is 0 Å². The molecule has 2 aromatic rings. The van der Waals surface area contributed by atoms with Crippen molar-refractivity contribution in [1.82, 2.24) is 14.8 Å². The lowest BCUT2D eigenvalue weighted by Crippen LogP contribution is -2.41. The Labute approximate surface area is 156 Å². The first-order valence-electron chi connectivity index (χ1n) is 9.20. The van der Waals surface area contributed by atoms with E-state index in [1.807, 2.05) is 61.5 Å². The molecule has 26 heavy (non-hydrogen) atoms. The Morgan fingerprint density at radius 2 is 2.00 bits per heavy atom. The number of hydrogen-bond donors (Lipinski definition) is 0. The molecule has 3 rings (SSSR count). The van der Waals surface area contributed by atoms with Crippen molar-refractivity contribution in [3.63, 3.8) is 0 Å². The fourth-order valence-electron chi connectivity index (χ4n) is 3.42. The summed E-state index contributed by atoms with van der Waals surface area (Å²) in [5.41, 5.74) is 4.19. The van der Waals surface area contributed by atoms with Crippen molar-refractivity contribution in [3.8, 4) is 0 Å². The zero-order valence-electron chi connectivity index (χ0n) is 15.9. The lowest BCUT2D eigenvalue weighted by atomic mass is 10.0. The first-order valence-corrected chi connectivity index (χ1v) is 9.20. The number of hydrogen-bond acceptors (Lipinski definition) is 3. The standard InChI is InChI=1S/C22H27N3O/c1-17-9-4-5-12-21(17)22(26)24(3)18(2)19-10-8-14-25(15-19)16-20-11-6-7-13-23-20/h4-7,9-13,18H,8,14-16H2,1-3H3. The van der Waals surface area contributed by atoms with E-state index in [0.29, 0.717) is 0 Å². The molecule has 1 atom stereocenters. The monoisotopic (exact) mass is 349 g/mol. The van der Waals surface area contributed by atoms with Crippen molar-refractivity contribution in [3.05, 3.63) is 77.1 Å². The van der Waals surface area contributed by atoms with E-state index >= 15 is 0 Å². The largest absolute Gasteiger partial charge is 0.335 e. The maximum absolute atomic E-state index is 12.9. The summed E-state index contributed by atoms with van der Waals surface area (Å²) in [7, 11) is 1.90. The second kappa shape index (κ2) is 8.28. The van der Waals surface area contributed by atoms with Crippen molar-refractivity contribution >= 4 is 5.91 Å². The molecule has 1 amide bonds. The summed E-state index contributed by atoms with van der Waals surface area (Å²) in [5, 5.41) is 0. The molecule has 0 saturated carbocycles. The molecule has 0 fully saturated rings. The molecule has 1 unspecified atom stereocenters. The zero-order valence-corrected chi connectivity index (χ0v) is 15.9. The van der Waals surface area contributed by atoms with Gasteiger partial charge >= 0.3 is 0 Å². The number of benzene rings is 1. The molecule has 2 heterocycles. The third kappa shape index (κ3) is 4.20. The second-order valence-corrected chi connectivity index (χ2v) is 7.01. The van der Waals surface area contributed by atoms with Crippen molar-refractivity contribution in [1.29, 1.82) is 0 Å². The van der Waals surface area contributed by atoms with Crippen LogP contribution in [0.25, 0.3) is 0 Å². The molecule has 1 aliphatic rings. The molecular weight excluding hydrogens is 322 g/mol. The van der Waals surface area contributed by atoms with Gasteiger partial charge in [-0.05, 0) is 49.6 Å². The van der Waals surface area contributed by atoms with Gasteiger partial charge < -0.3 is 4.90 Å².